The first-order chi connectivity index (χ1) is 10.7. The molecule has 1 aromatic heterocycles. The molecular formula is C17H13BrClN3. The van der Waals surface area contributed by atoms with Crippen LogP contribution >= 0.6 is 27.5 Å². The first-order valence-corrected chi connectivity index (χ1v) is 7.96. The van der Waals surface area contributed by atoms with Crippen molar-refractivity contribution in [2.75, 3.05) is 5.32 Å². The van der Waals surface area contributed by atoms with Crippen molar-refractivity contribution in [3.63, 3.8) is 0 Å². The van der Waals surface area contributed by atoms with E-state index in [0.29, 0.717) is 23.3 Å². The monoisotopic (exact) mass is 373 g/mol. The highest BCUT2D eigenvalue weighted by molar-refractivity contribution is 9.10. The van der Waals surface area contributed by atoms with Crippen LogP contribution < -0.4 is 5.32 Å². The van der Waals surface area contributed by atoms with Crippen molar-refractivity contribution in [2.45, 2.75) is 6.54 Å². The molecular weight excluding hydrogens is 362 g/mol. The molecule has 5 heteroatoms. The van der Waals surface area contributed by atoms with Gasteiger partial charge in [0.05, 0.1) is 0 Å². The summed E-state index contributed by atoms with van der Waals surface area (Å²) in [6.07, 6.45) is 0. The average molecular weight is 375 g/mol. The van der Waals surface area contributed by atoms with Crippen LogP contribution in [0.1, 0.15) is 5.56 Å². The van der Waals surface area contributed by atoms with E-state index in [1.807, 2.05) is 42.5 Å². The summed E-state index contributed by atoms with van der Waals surface area (Å²) in [7, 11) is 0. The summed E-state index contributed by atoms with van der Waals surface area (Å²) >= 11 is 9.58. The van der Waals surface area contributed by atoms with Crippen LogP contribution in [0, 0.1) is 0 Å². The van der Waals surface area contributed by atoms with Crippen molar-refractivity contribution in [3.05, 3.63) is 75.9 Å². The second-order valence-corrected chi connectivity index (χ2v) is 6.05. The predicted octanol–water partition coefficient (Wildman–Crippen LogP) is 5.17. The zero-order valence-corrected chi connectivity index (χ0v) is 14.0. The van der Waals surface area contributed by atoms with Gasteiger partial charge in [0.25, 0.3) is 0 Å². The summed E-state index contributed by atoms with van der Waals surface area (Å²) in [6.45, 7) is 0.668. The zero-order chi connectivity index (χ0) is 15.4. The molecule has 0 radical (unpaired) electrons. The Morgan fingerprint density at radius 3 is 2.55 bits per heavy atom. The molecule has 0 atom stereocenters. The molecule has 0 unspecified atom stereocenters. The highest BCUT2D eigenvalue weighted by Crippen LogP contribution is 2.20. The molecule has 0 amide bonds. The van der Waals surface area contributed by atoms with Gasteiger partial charge in [-0.3, -0.25) is 0 Å². The zero-order valence-electron chi connectivity index (χ0n) is 11.6. The lowest BCUT2D eigenvalue weighted by Gasteiger charge is -2.08. The van der Waals surface area contributed by atoms with E-state index in [2.05, 4.69) is 43.3 Å². The van der Waals surface area contributed by atoms with E-state index >= 15 is 0 Å². The van der Waals surface area contributed by atoms with Gasteiger partial charge in [-0.15, -0.1) is 0 Å². The normalized spacial score (nSPS) is 10.5. The first kappa shape index (κ1) is 15.0. The molecule has 0 saturated carbocycles. The molecule has 2 aromatic carbocycles. The van der Waals surface area contributed by atoms with Crippen molar-refractivity contribution < 1.29 is 0 Å². The highest BCUT2D eigenvalue weighted by atomic mass is 79.9. The molecule has 1 heterocycles. The quantitative estimate of drug-likeness (QED) is 0.640. The number of nitrogens with one attached hydrogen (secondary N) is 1. The molecule has 0 bridgehead atoms. The number of anilines is 1. The van der Waals surface area contributed by atoms with Crippen molar-refractivity contribution in [3.8, 4) is 11.4 Å². The average Bonchev–Trinajstić information content (AvgIpc) is 2.53. The van der Waals surface area contributed by atoms with Crippen LogP contribution in [0.25, 0.3) is 11.4 Å². The summed E-state index contributed by atoms with van der Waals surface area (Å²) < 4.78 is 1.05. The van der Waals surface area contributed by atoms with Gasteiger partial charge in [-0.05, 0) is 17.7 Å². The summed E-state index contributed by atoms with van der Waals surface area (Å²) in [4.78, 5) is 8.80. The summed E-state index contributed by atoms with van der Waals surface area (Å²) in [5, 5.41) is 3.70. The van der Waals surface area contributed by atoms with Gasteiger partial charge in [-0.1, -0.05) is 70.0 Å². The number of benzene rings is 2. The Hall–Kier alpha value is -1.91. The molecule has 3 rings (SSSR count). The highest BCUT2D eigenvalue weighted by Gasteiger charge is 2.05. The Balaban J connectivity index is 1.81. The molecule has 0 aliphatic rings. The second-order valence-electron chi connectivity index (χ2n) is 4.75. The Kier molecular flexibility index (Phi) is 4.71. The van der Waals surface area contributed by atoms with Gasteiger partial charge in [0, 0.05) is 22.6 Å². The van der Waals surface area contributed by atoms with Gasteiger partial charge >= 0.3 is 0 Å². The number of rotatable bonds is 4. The first-order valence-electron chi connectivity index (χ1n) is 6.79. The Morgan fingerprint density at radius 2 is 1.77 bits per heavy atom. The third kappa shape index (κ3) is 3.84. The molecule has 1 N–H and O–H groups in total. The smallest absolute Gasteiger partial charge is 0.163 e. The maximum Gasteiger partial charge on any atom is 0.163 e. The van der Waals surface area contributed by atoms with Crippen molar-refractivity contribution in [2.24, 2.45) is 0 Å². The van der Waals surface area contributed by atoms with Gasteiger partial charge in [0.1, 0.15) is 11.0 Å². The fraction of sp³-hybridized carbons (Fsp3) is 0.0588. The fourth-order valence-corrected chi connectivity index (χ4v) is 2.69. The predicted molar refractivity (Wildman–Crippen MR) is 93.9 cm³/mol. The van der Waals surface area contributed by atoms with E-state index < -0.39 is 0 Å². The lowest BCUT2D eigenvalue weighted by molar-refractivity contribution is 1.08. The molecule has 3 nitrogen and oxygen atoms in total. The molecule has 3 aromatic rings. The van der Waals surface area contributed by atoms with Crippen LogP contribution in [-0.4, -0.2) is 9.97 Å². The van der Waals surface area contributed by atoms with E-state index in [-0.39, 0.29) is 0 Å². The summed E-state index contributed by atoms with van der Waals surface area (Å²) in [6, 6.07) is 19.6. The van der Waals surface area contributed by atoms with Crippen LogP contribution in [-0.2, 0) is 6.54 Å². The second kappa shape index (κ2) is 6.90. The fourth-order valence-electron chi connectivity index (χ4n) is 2.06. The third-order valence-electron chi connectivity index (χ3n) is 3.09. The third-order valence-corrected chi connectivity index (χ3v) is 3.78. The van der Waals surface area contributed by atoms with Gasteiger partial charge in [0.15, 0.2) is 5.82 Å². The Morgan fingerprint density at radius 1 is 0.955 bits per heavy atom. The molecule has 0 aliphatic heterocycles. The van der Waals surface area contributed by atoms with E-state index in [1.54, 1.807) is 6.07 Å². The van der Waals surface area contributed by atoms with Crippen molar-refractivity contribution >= 4 is 33.3 Å². The summed E-state index contributed by atoms with van der Waals surface area (Å²) in [5.41, 5.74) is 2.10. The minimum absolute atomic E-state index is 0.422. The van der Waals surface area contributed by atoms with Crippen LogP contribution in [0.15, 0.2) is 65.1 Å². The molecule has 0 spiro atoms. The van der Waals surface area contributed by atoms with Crippen molar-refractivity contribution in [1.29, 1.82) is 0 Å². The van der Waals surface area contributed by atoms with Gasteiger partial charge < -0.3 is 5.32 Å². The molecule has 22 heavy (non-hydrogen) atoms. The van der Waals surface area contributed by atoms with Gasteiger partial charge in [-0.25, -0.2) is 9.97 Å². The van der Waals surface area contributed by atoms with Crippen LogP contribution in [0.5, 0.6) is 0 Å². The van der Waals surface area contributed by atoms with Crippen LogP contribution in [0.3, 0.4) is 0 Å². The number of hydrogen-bond acceptors (Lipinski definition) is 3. The maximum atomic E-state index is 6.11. The lowest BCUT2D eigenvalue weighted by Crippen LogP contribution is -2.03. The number of nitrogens with zero attached hydrogens (tertiary/aromatic N) is 2. The van der Waals surface area contributed by atoms with Crippen molar-refractivity contribution in [1.82, 2.24) is 9.97 Å². The topological polar surface area (TPSA) is 37.8 Å². The SMILES string of the molecule is Clc1cc(NCc2cccc(Br)c2)nc(-c2ccccc2)n1. The molecule has 0 fully saturated rings. The largest absolute Gasteiger partial charge is 0.366 e. The summed E-state index contributed by atoms with van der Waals surface area (Å²) in [5.74, 6) is 1.32. The number of halogens is 2. The van der Waals surface area contributed by atoms with E-state index in [0.717, 1.165) is 15.6 Å². The molecule has 0 saturated heterocycles. The molecule has 0 aliphatic carbocycles. The number of hydrogen-bond donors (Lipinski definition) is 1. The van der Waals surface area contributed by atoms with Gasteiger partial charge in [0.2, 0.25) is 0 Å². The Labute approximate surface area is 142 Å². The Bertz CT molecular complexity index is 778. The molecule has 110 valence electrons. The van der Waals surface area contributed by atoms with Crippen LogP contribution in [0.2, 0.25) is 5.15 Å². The van der Waals surface area contributed by atoms with E-state index in [1.165, 1.54) is 0 Å². The standard InChI is InChI=1S/C17H13BrClN3/c18-14-8-4-5-12(9-14)11-20-16-10-15(19)21-17(22-16)13-6-2-1-3-7-13/h1-10H,11H2,(H,20,21,22). The van der Waals surface area contributed by atoms with Gasteiger partial charge in [-0.2, -0.15) is 0 Å². The lowest BCUT2D eigenvalue weighted by atomic mass is 10.2. The van der Waals surface area contributed by atoms with E-state index in [4.69, 9.17) is 11.6 Å². The minimum atomic E-state index is 0.422. The van der Waals surface area contributed by atoms with Crippen LogP contribution in [0.4, 0.5) is 5.82 Å². The van der Waals surface area contributed by atoms with E-state index in [9.17, 15) is 0 Å². The maximum absolute atomic E-state index is 6.11. The number of aromatic nitrogens is 2. The minimum Gasteiger partial charge on any atom is -0.366 e.